The highest BCUT2D eigenvalue weighted by Gasteiger charge is 2.26. The molecule has 1 aliphatic carbocycles. The van der Waals surface area contributed by atoms with Gasteiger partial charge >= 0.3 is 0 Å². The Morgan fingerprint density at radius 3 is 2.86 bits per heavy atom. The molecule has 2 heteroatoms. The van der Waals surface area contributed by atoms with Gasteiger partial charge in [0.2, 0.25) is 0 Å². The largest absolute Gasteiger partial charge is 0.391 e. The molecule has 14 heavy (non-hydrogen) atoms. The molecule has 0 heterocycles. The van der Waals surface area contributed by atoms with E-state index in [1.54, 1.807) is 0 Å². The van der Waals surface area contributed by atoms with E-state index in [0.29, 0.717) is 5.92 Å². The molecular weight excluding hydrogens is 174 g/mol. The van der Waals surface area contributed by atoms with E-state index < -0.39 is 6.10 Å². The minimum Gasteiger partial charge on any atom is -0.391 e. The Kier molecular flexibility index (Phi) is 4.69. The van der Waals surface area contributed by atoms with Crippen molar-refractivity contribution in [1.29, 1.82) is 5.26 Å². The lowest BCUT2D eigenvalue weighted by Crippen LogP contribution is -2.29. The minimum absolute atomic E-state index is 0.170. The van der Waals surface area contributed by atoms with Crippen molar-refractivity contribution in [3.8, 4) is 6.07 Å². The summed E-state index contributed by atoms with van der Waals surface area (Å²) in [6.45, 7) is 2.05. The Morgan fingerprint density at radius 1 is 1.57 bits per heavy atom. The lowest BCUT2D eigenvalue weighted by Gasteiger charge is -2.26. The third-order valence-corrected chi connectivity index (χ3v) is 2.97. The highest BCUT2D eigenvalue weighted by Crippen LogP contribution is 2.27. The molecule has 1 N–H and O–H groups in total. The Hall–Kier alpha value is -0.810. The van der Waals surface area contributed by atoms with Gasteiger partial charge in [0.1, 0.15) is 0 Å². The van der Waals surface area contributed by atoms with Crippen molar-refractivity contribution >= 4 is 0 Å². The molecule has 0 aliphatic heterocycles. The minimum atomic E-state index is -0.426. The molecule has 1 aliphatic rings. The quantitative estimate of drug-likeness (QED) is 0.697. The van der Waals surface area contributed by atoms with E-state index in [2.05, 4.69) is 25.1 Å². The summed E-state index contributed by atoms with van der Waals surface area (Å²) in [4.78, 5) is 0. The van der Waals surface area contributed by atoms with Crippen LogP contribution in [0.15, 0.2) is 12.2 Å². The van der Waals surface area contributed by atoms with E-state index in [1.165, 1.54) is 0 Å². The van der Waals surface area contributed by atoms with Gasteiger partial charge in [0.15, 0.2) is 0 Å². The number of nitrogens with zero attached hydrogens (tertiary/aromatic N) is 1. The molecule has 0 aromatic heterocycles. The van der Waals surface area contributed by atoms with Crippen LogP contribution in [0.3, 0.4) is 0 Å². The van der Waals surface area contributed by atoms with Gasteiger partial charge in [-0.25, -0.2) is 0 Å². The van der Waals surface area contributed by atoms with Crippen molar-refractivity contribution in [2.45, 2.75) is 45.1 Å². The normalized spacial score (nSPS) is 25.4. The Balaban J connectivity index is 2.49. The number of hydrogen-bond donors (Lipinski definition) is 1. The summed E-state index contributed by atoms with van der Waals surface area (Å²) in [5, 5.41) is 18.9. The van der Waals surface area contributed by atoms with Crippen LogP contribution in [0, 0.1) is 23.2 Å². The number of rotatable bonds is 4. The summed E-state index contributed by atoms with van der Waals surface area (Å²) in [5.74, 6) is 0.132. The molecule has 0 fully saturated rings. The smallest absolute Gasteiger partial charge is 0.0729 e. The van der Waals surface area contributed by atoms with Crippen LogP contribution >= 0.6 is 0 Å². The molecule has 0 radical (unpaired) electrons. The van der Waals surface area contributed by atoms with E-state index in [-0.39, 0.29) is 5.92 Å². The van der Waals surface area contributed by atoms with Gasteiger partial charge in [-0.2, -0.15) is 5.26 Å². The zero-order chi connectivity index (χ0) is 10.4. The van der Waals surface area contributed by atoms with Crippen LogP contribution in [0.25, 0.3) is 0 Å². The van der Waals surface area contributed by atoms with Crippen molar-refractivity contribution < 1.29 is 5.11 Å². The summed E-state index contributed by atoms with van der Waals surface area (Å²) >= 11 is 0. The molecule has 3 unspecified atom stereocenters. The number of aliphatic hydroxyl groups is 1. The molecule has 0 saturated heterocycles. The predicted molar refractivity (Wildman–Crippen MR) is 56.5 cm³/mol. The van der Waals surface area contributed by atoms with E-state index in [0.717, 1.165) is 32.1 Å². The zero-order valence-corrected chi connectivity index (χ0v) is 8.82. The average Bonchev–Trinajstić information content (AvgIpc) is 2.26. The van der Waals surface area contributed by atoms with Crippen molar-refractivity contribution in [2.24, 2.45) is 11.8 Å². The molecule has 0 saturated carbocycles. The lowest BCUT2D eigenvalue weighted by molar-refractivity contribution is 0.0632. The van der Waals surface area contributed by atoms with Crippen molar-refractivity contribution in [3.05, 3.63) is 12.2 Å². The molecule has 0 bridgehead atoms. The first-order chi connectivity index (χ1) is 6.79. The first-order valence-electron chi connectivity index (χ1n) is 5.52. The second-order valence-electron chi connectivity index (χ2n) is 4.06. The molecule has 3 atom stereocenters. The fraction of sp³-hybridized carbons (Fsp3) is 0.750. The monoisotopic (exact) mass is 193 g/mol. The fourth-order valence-corrected chi connectivity index (χ4v) is 2.08. The van der Waals surface area contributed by atoms with Crippen LogP contribution < -0.4 is 0 Å². The highest BCUT2D eigenvalue weighted by atomic mass is 16.3. The first kappa shape index (κ1) is 11.3. The van der Waals surface area contributed by atoms with Crippen LogP contribution in [0.2, 0.25) is 0 Å². The fourth-order valence-electron chi connectivity index (χ4n) is 2.08. The first-order valence-corrected chi connectivity index (χ1v) is 5.52. The topological polar surface area (TPSA) is 44.0 Å². The third-order valence-electron chi connectivity index (χ3n) is 2.97. The maximum absolute atomic E-state index is 10.0. The van der Waals surface area contributed by atoms with Crippen LogP contribution in [-0.4, -0.2) is 11.2 Å². The Labute approximate surface area is 86.2 Å². The SMILES string of the molecule is CCCC(C#N)C(O)C1CC=CCC1. The summed E-state index contributed by atoms with van der Waals surface area (Å²) < 4.78 is 0. The molecule has 2 nitrogen and oxygen atoms in total. The zero-order valence-electron chi connectivity index (χ0n) is 8.82. The average molecular weight is 193 g/mol. The number of hydrogen-bond acceptors (Lipinski definition) is 2. The van der Waals surface area contributed by atoms with Gasteiger partial charge in [-0.05, 0) is 31.6 Å². The van der Waals surface area contributed by atoms with E-state index in [1.807, 2.05) is 0 Å². The van der Waals surface area contributed by atoms with Gasteiger partial charge < -0.3 is 5.11 Å². The standard InChI is InChI=1S/C12H19NO/c1-2-6-11(9-13)12(14)10-7-4-3-5-8-10/h3-4,10-12,14H,2,5-8H2,1H3. The summed E-state index contributed by atoms with van der Waals surface area (Å²) in [6, 6.07) is 2.23. The molecule has 0 amide bonds. The third kappa shape index (κ3) is 2.85. The summed E-state index contributed by atoms with van der Waals surface area (Å²) in [6.07, 6.45) is 8.65. The van der Waals surface area contributed by atoms with E-state index >= 15 is 0 Å². The van der Waals surface area contributed by atoms with Crippen LogP contribution in [0.4, 0.5) is 0 Å². The van der Waals surface area contributed by atoms with Gasteiger partial charge in [0.25, 0.3) is 0 Å². The van der Waals surface area contributed by atoms with Gasteiger partial charge in [-0.15, -0.1) is 0 Å². The van der Waals surface area contributed by atoms with Crippen molar-refractivity contribution in [3.63, 3.8) is 0 Å². The number of nitriles is 1. The van der Waals surface area contributed by atoms with Gasteiger partial charge in [-0.3, -0.25) is 0 Å². The number of aliphatic hydroxyl groups excluding tert-OH is 1. The Bertz CT molecular complexity index is 229. The Morgan fingerprint density at radius 2 is 2.36 bits per heavy atom. The van der Waals surface area contributed by atoms with Gasteiger partial charge in [0, 0.05) is 0 Å². The van der Waals surface area contributed by atoms with Crippen molar-refractivity contribution in [1.82, 2.24) is 0 Å². The predicted octanol–water partition coefficient (Wildman–Crippen LogP) is 2.64. The summed E-state index contributed by atoms with van der Waals surface area (Å²) in [5.41, 5.74) is 0. The van der Waals surface area contributed by atoms with Crippen LogP contribution in [0.1, 0.15) is 39.0 Å². The maximum atomic E-state index is 10.0. The lowest BCUT2D eigenvalue weighted by atomic mass is 9.82. The van der Waals surface area contributed by atoms with E-state index in [4.69, 9.17) is 5.26 Å². The highest BCUT2D eigenvalue weighted by molar-refractivity contribution is 4.97. The molecule has 1 rings (SSSR count). The van der Waals surface area contributed by atoms with Crippen LogP contribution in [-0.2, 0) is 0 Å². The second kappa shape index (κ2) is 5.82. The molecule has 0 spiro atoms. The van der Waals surface area contributed by atoms with Gasteiger partial charge in [-0.1, -0.05) is 25.5 Å². The second-order valence-corrected chi connectivity index (χ2v) is 4.06. The number of allylic oxidation sites excluding steroid dienone is 2. The summed E-state index contributed by atoms with van der Waals surface area (Å²) in [7, 11) is 0. The van der Waals surface area contributed by atoms with Gasteiger partial charge in [0.05, 0.1) is 18.1 Å². The van der Waals surface area contributed by atoms with Crippen LogP contribution in [0.5, 0.6) is 0 Å². The molecular formula is C12H19NO. The van der Waals surface area contributed by atoms with Crippen molar-refractivity contribution in [2.75, 3.05) is 0 Å². The van der Waals surface area contributed by atoms with E-state index in [9.17, 15) is 5.11 Å². The molecule has 0 aromatic rings. The molecule has 0 aromatic carbocycles. The maximum Gasteiger partial charge on any atom is 0.0729 e. The molecule has 78 valence electrons.